The van der Waals surface area contributed by atoms with Crippen LogP contribution in [0.3, 0.4) is 0 Å². The molecular formula is C21H22N6O2. The summed E-state index contributed by atoms with van der Waals surface area (Å²) in [6.45, 7) is 6.08. The molecule has 0 fully saturated rings. The molecule has 1 aliphatic rings. The van der Waals surface area contributed by atoms with Crippen molar-refractivity contribution in [2.24, 2.45) is 0 Å². The van der Waals surface area contributed by atoms with Gasteiger partial charge < -0.3 is 4.42 Å². The fourth-order valence-corrected chi connectivity index (χ4v) is 3.88. The van der Waals surface area contributed by atoms with Gasteiger partial charge in [-0.1, -0.05) is 6.92 Å². The summed E-state index contributed by atoms with van der Waals surface area (Å²) in [6.07, 6.45) is 6.97. The first-order chi connectivity index (χ1) is 14.1. The standard InChI is InChI=1S/C21H22N6O2/c1-3-19-22-9-14(10-23-19)11-26-6-4-17-16(12-26)21(28)27-20(24-17)8-18(25-27)15-5-7-29-13(15)2/h5,7-10,25H,3-4,6,11-12H2,1-2H3. The van der Waals surface area contributed by atoms with E-state index in [1.807, 2.05) is 38.4 Å². The Labute approximate surface area is 167 Å². The first-order valence-corrected chi connectivity index (χ1v) is 9.82. The topological polar surface area (TPSA) is 92.3 Å². The fraction of sp³-hybridized carbons (Fsp3) is 0.333. The maximum atomic E-state index is 13.1. The van der Waals surface area contributed by atoms with Crippen molar-refractivity contribution in [2.75, 3.05) is 6.54 Å². The predicted octanol–water partition coefficient (Wildman–Crippen LogP) is 2.50. The van der Waals surface area contributed by atoms with E-state index in [2.05, 4.69) is 20.0 Å². The average Bonchev–Trinajstić information content (AvgIpc) is 3.35. The summed E-state index contributed by atoms with van der Waals surface area (Å²) in [5, 5.41) is 3.18. The van der Waals surface area contributed by atoms with Gasteiger partial charge >= 0.3 is 0 Å². The Morgan fingerprint density at radius 3 is 2.83 bits per heavy atom. The fourth-order valence-electron chi connectivity index (χ4n) is 3.88. The Morgan fingerprint density at radius 2 is 2.10 bits per heavy atom. The number of nitrogens with zero attached hydrogens (tertiary/aromatic N) is 5. The first-order valence-electron chi connectivity index (χ1n) is 9.82. The lowest BCUT2D eigenvalue weighted by Gasteiger charge is -2.27. The lowest BCUT2D eigenvalue weighted by molar-refractivity contribution is 0.241. The van der Waals surface area contributed by atoms with Crippen molar-refractivity contribution in [3.05, 3.63) is 69.5 Å². The highest BCUT2D eigenvalue weighted by atomic mass is 16.3. The second kappa shape index (κ2) is 6.97. The maximum absolute atomic E-state index is 13.1. The van der Waals surface area contributed by atoms with Crippen LogP contribution >= 0.6 is 0 Å². The van der Waals surface area contributed by atoms with E-state index in [4.69, 9.17) is 9.40 Å². The van der Waals surface area contributed by atoms with Crippen LogP contribution in [0, 0.1) is 6.92 Å². The van der Waals surface area contributed by atoms with Gasteiger partial charge in [0.25, 0.3) is 5.56 Å². The number of rotatable bonds is 4. The van der Waals surface area contributed by atoms with Crippen LogP contribution in [0.5, 0.6) is 0 Å². The van der Waals surface area contributed by atoms with E-state index in [0.717, 1.165) is 65.6 Å². The van der Waals surface area contributed by atoms with E-state index in [1.165, 1.54) is 4.52 Å². The molecule has 4 aromatic heterocycles. The Balaban J connectivity index is 1.45. The second-order valence-electron chi connectivity index (χ2n) is 7.42. The highest BCUT2D eigenvalue weighted by Crippen LogP contribution is 2.24. The number of aryl methyl sites for hydroxylation is 2. The number of nitrogens with one attached hydrogen (secondary N) is 1. The lowest BCUT2D eigenvalue weighted by Crippen LogP contribution is -2.36. The molecule has 0 bridgehead atoms. The van der Waals surface area contributed by atoms with E-state index in [0.29, 0.717) is 12.2 Å². The third-order valence-corrected chi connectivity index (χ3v) is 5.47. The first kappa shape index (κ1) is 17.8. The molecule has 0 spiro atoms. The molecule has 4 aromatic rings. The number of fused-ring (bicyclic) bond motifs is 2. The highest BCUT2D eigenvalue weighted by Gasteiger charge is 2.23. The summed E-state index contributed by atoms with van der Waals surface area (Å²) in [5.41, 5.74) is 5.05. The molecule has 0 saturated heterocycles. The Hall–Kier alpha value is -3.26. The van der Waals surface area contributed by atoms with E-state index >= 15 is 0 Å². The van der Waals surface area contributed by atoms with Gasteiger partial charge in [-0.05, 0) is 13.0 Å². The van der Waals surface area contributed by atoms with Crippen molar-refractivity contribution in [1.82, 2.24) is 29.5 Å². The van der Waals surface area contributed by atoms with Crippen molar-refractivity contribution in [3.8, 4) is 11.3 Å². The molecule has 0 aliphatic carbocycles. The molecule has 0 unspecified atom stereocenters. The smallest absolute Gasteiger partial charge is 0.277 e. The number of furan rings is 1. The lowest BCUT2D eigenvalue weighted by atomic mass is 10.1. The zero-order valence-electron chi connectivity index (χ0n) is 16.5. The monoisotopic (exact) mass is 390 g/mol. The summed E-state index contributed by atoms with van der Waals surface area (Å²) in [6, 6.07) is 3.79. The second-order valence-corrected chi connectivity index (χ2v) is 7.42. The van der Waals surface area contributed by atoms with Crippen LogP contribution < -0.4 is 5.56 Å². The minimum absolute atomic E-state index is 0.0420. The molecule has 29 heavy (non-hydrogen) atoms. The maximum Gasteiger partial charge on any atom is 0.277 e. The number of aromatic amines is 1. The summed E-state index contributed by atoms with van der Waals surface area (Å²) in [7, 11) is 0. The summed E-state index contributed by atoms with van der Waals surface area (Å²) in [5.74, 6) is 1.65. The average molecular weight is 390 g/mol. The van der Waals surface area contributed by atoms with E-state index in [1.54, 1.807) is 6.26 Å². The number of hydrogen-bond donors (Lipinski definition) is 1. The van der Waals surface area contributed by atoms with Crippen LogP contribution in [0.2, 0.25) is 0 Å². The minimum Gasteiger partial charge on any atom is -0.469 e. The number of aromatic nitrogens is 5. The quantitative estimate of drug-likeness (QED) is 0.576. The Kier molecular flexibility index (Phi) is 4.28. The summed E-state index contributed by atoms with van der Waals surface area (Å²) in [4.78, 5) is 28.9. The normalized spacial score (nSPS) is 14.4. The minimum atomic E-state index is -0.0420. The molecule has 1 aliphatic heterocycles. The van der Waals surface area contributed by atoms with Gasteiger partial charge in [0, 0.05) is 62.1 Å². The van der Waals surface area contributed by atoms with Crippen LogP contribution in [0.1, 0.15) is 35.3 Å². The third kappa shape index (κ3) is 3.15. The van der Waals surface area contributed by atoms with Crippen LogP contribution in [0.25, 0.3) is 16.9 Å². The number of hydrogen-bond acceptors (Lipinski definition) is 6. The highest BCUT2D eigenvalue weighted by molar-refractivity contribution is 5.65. The van der Waals surface area contributed by atoms with Gasteiger partial charge in [-0.2, -0.15) is 0 Å². The molecule has 148 valence electrons. The largest absolute Gasteiger partial charge is 0.469 e. The molecule has 0 saturated carbocycles. The summed E-state index contributed by atoms with van der Waals surface area (Å²) < 4.78 is 6.92. The van der Waals surface area contributed by atoms with Crippen molar-refractivity contribution in [3.63, 3.8) is 0 Å². The Bertz CT molecular complexity index is 1230. The van der Waals surface area contributed by atoms with Crippen LogP contribution in [0.4, 0.5) is 0 Å². The molecule has 5 heterocycles. The van der Waals surface area contributed by atoms with Gasteiger partial charge in [-0.25, -0.2) is 19.5 Å². The molecule has 5 rings (SSSR count). The van der Waals surface area contributed by atoms with Crippen molar-refractivity contribution in [2.45, 2.75) is 39.8 Å². The van der Waals surface area contributed by atoms with Crippen molar-refractivity contribution < 1.29 is 4.42 Å². The van der Waals surface area contributed by atoms with Crippen LogP contribution in [0.15, 0.2) is 40.0 Å². The summed E-state index contributed by atoms with van der Waals surface area (Å²) >= 11 is 0. The molecule has 0 radical (unpaired) electrons. The van der Waals surface area contributed by atoms with Gasteiger partial charge in [0.05, 0.1) is 23.2 Å². The van der Waals surface area contributed by atoms with Crippen molar-refractivity contribution in [1.29, 1.82) is 0 Å². The molecule has 8 nitrogen and oxygen atoms in total. The van der Waals surface area contributed by atoms with E-state index in [9.17, 15) is 4.79 Å². The van der Waals surface area contributed by atoms with Gasteiger partial charge in [0.2, 0.25) is 0 Å². The predicted molar refractivity (Wildman–Crippen MR) is 107 cm³/mol. The van der Waals surface area contributed by atoms with Crippen LogP contribution in [-0.4, -0.2) is 36.0 Å². The molecule has 0 amide bonds. The van der Waals surface area contributed by atoms with Gasteiger partial charge in [0.1, 0.15) is 11.6 Å². The van der Waals surface area contributed by atoms with Crippen LogP contribution in [-0.2, 0) is 25.9 Å². The van der Waals surface area contributed by atoms with E-state index < -0.39 is 0 Å². The molecule has 1 N–H and O–H groups in total. The Morgan fingerprint density at radius 1 is 1.28 bits per heavy atom. The molecule has 0 atom stereocenters. The zero-order valence-corrected chi connectivity index (χ0v) is 16.5. The van der Waals surface area contributed by atoms with Gasteiger partial charge in [0.15, 0.2) is 5.65 Å². The zero-order chi connectivity index (χ0) is 20.0. The molecule has 0 aromatic carbocycles. The van der Waals surface area contributed by atoms with Crippen molar-refractivity contribution >= 4 is 5.65 Å². The van der Waals surface area contributed by atoms with Gasteiger partial charge in [-0.15, -0.1) is 0 Å². The molecular weight excluding hydrogens is 368 g/mol. The number of H-pyrrole nitrogens is 1. The molecule has 8 heteroatoms. The van der Waals surface area contributed by atoms with E-state index in [-0.39, 0.29) is 5.56 Å². The third-order valence-electron chi connectivity index (χ3n) is 5.47. The SMILES string of the molecule is CCc1ncc(CN2CCc3nc4cc(-c5ccoc5C)[nH]n4c(=O)c3C2)cn1. The van der Waals surface area contributed by atoms with Gasteiger partial charge in [-0.3, -0.25) is 14.8 Å².